The van der Waals surface area contributed by atoms with E-state index in [4.69, 9.17) is 0 Å². The molecule has 0 aliphatic carbocycles. The lowest BCUT2D eigenvalue weighted by molar-refractivity contribution is 0.500. The van der Waals surface area contributed by atoms with Crippen molar-refractivity contribution >= 4 is 12.4 Å². The average Bonchev–Trinajstić information content (AvgIpc) is 2.70. The molecular weight excluding hydrogens is 254 g/mol. The first kappa shape index (κ1) is 12.7. The van der Waals surface area contributed by atoms with Crippen LogP contribution in [-0.4, -0.2) is 0 Å². The van der Waals surface area contributed by atoms with Crippen LogP contribution in [0.5, 0.6) is 0 Å². The summed E-state index contributed by atoms with van der Waals surface area (Å²) in [4.78, 5) is 0. The van der Waals surface area contributed by atoms with Gasteiger partial charge >= 0.3 is 0 Å². The lowest BCUT2D eigenvalue weighted by atomic mass is 9.88. The van der Waals surface area contributed by atoms with Gasteiger partial charge in [0, 0.05) is 6.04 Å². The Labute approximate surface area is 120 Å². The van der Waals surface area contributed by atoms with Crippen molar-refractivity contribution in [1.82, 2.24) is 5.32 Å². The number of hydrogen-bond donors (Lipinski definition) is 1. The van der Waals surface area contributed by atoms with Crippen LogP contribution in [-0.2, 0) is 6.42 Å². The first-order chi connectivity index (χ1) is 8.75. The maximum absolute atomic E-state index is 3.76. The van der Waals surface area contributed by atoms with Crippen molar-refractivity contribution in [3.8, 4) is 0 Å². The summed E-state index contributed by atoms with van der Waals surface area (Å²) < 4.78 is 0. The van der Waals surface area contributed by atoms with Crippen LogP contribution in [0, 0.1) is 13.8 Å². The molecule has 98 valence electrons. The second-order valence-electron chi connectivity index (χ2n) is 5.56. The molecule has 2 atom stereocenters. The van der Waals surface area contributed by atoms with Crippen LogP contribution in [0.25, 0.3) is 0 Å². The molecule has 0 amide bonds. The van der Waals surface area contributed by atoms with E-state index in [0.29, 0.717) is 12.1 Å². The molecule has 2 aromatic rings. The quantitative estimate of drug-likeness (QED) is 0.763. The molecule has 2 heteroatoms. The number of aryl methyl sites for hydroxylation is 1. The van der Waals surface area contributed by atoms with Crippen molar-refractivity contribution in [3.05, 3.63) is 69.8 Å². The highest BCUT2D eigenvalue weighted by molar-refractivity contribution is 5.85. The van der Waals surface area contributed by atoms with Crippen molar-refractivity contribution < 1.29 is 0 Å². The summed E-state index contributed by atoms with van der Waals surface area (Å²) >= 11 is 0. The minimum Gasteiger partial charge on any atom is -0.299 e. The molecule has 0 radical (unpaired) electrons. The van der Waals surface area contributed by atoms with Crippen molar-refractivity contribution in [3.63, 3.8) is 0 Å². The van der Waals surface area contributed by atoms with Gasteiger partial charge in [0.2, 0.25) is 0 Å². The first-order valence-corrected chi connectivity index (χ1v) is 6.69. The Balaban J connectivity index is 0.00000110. The number of halogens is 1. The van der Waals surface area contributed by atoms with E-state index in [2.05, 4.69) is 55.6 Å². The fourth-order valence-corrected chi connectivity index (χ4v) is 3.54. The van der Waals surface area contributed by atoms with E-state index in [-0.39, 0.29) is 12.4 Å². The smallest absolute Gasteiger partial charge is 0.0587 e. The molecule has 2 aliphatic rings. The monoisotopic (exact) mass is 271 g/mol. The SMILES string of the molecule is Cc1ccc2c(c1C)CC1NC2c2ccccc21.Cl. The van der Waals surface area contributed by atoms with Gasteiger partial charge in [-0.05, 0) is 53.6 Å². The molecule has 19 heavy (non-hydrogen) atoms. The topological polar surface area (TPSA) is 12.0 Å². The van der Waals surface area contributed by atoms with Crippen molar-refractivity contribution in [1.29, 1.82) is 0 Å². The molecule has 4 rings (SSSR count). The van der Waals surface area contributed by atoms with Gasteiger partial charge in [-0.1, -0.05) is 36.4 Å². The predicted molar refractivity (Wildman–Crippen MR) is 81.0 cm³/mol. The Hall–Kier alpha value is -1.31. The van der Waals surface area contributed by atoms with Gasteiger partial charge in [0.25, 0.3) is 0 Å². The molecule has 0 aromatic heterocycles. The number of fused-ring (bicyclic) bond motifs is 7. The van der Waals surface area contributed by atoms with Crippen LogP contribution in [0.15, 0.2) is 36.4 Å². The molecule has 2 heterocycles. The van der Waals surface area contributed by atoms with Crippen LogP contribution in [0.3, 0.4) is 0 Å². The summed E-state index contributed by atoms with van der Waals surface area (Å²) in [5.41, 5.74) is 8.93. The van der Waals surface area contributed by atoms with Gasteiger partial charge in [-0.3, -0.25) is 5.32 Å². The van der Waals surface area contributed by atoms with Crippen LogP contribution >= 0.6 is 12.4 Å². The van der Waals surface area contributed by atoms with E-state index in [1.807, 2.05) is 0 Å². The molecule has 0 spiro atoms. The highest BCUT2D eigenvalue weighted by Gasteiger charge is 2.37. The Bertz CT molecular complexity index is 648. The van der Waals surface area contributed by atoms with Crippen LogP contribution in [0.2, 0.25) is 0 Å². The summed E-state index contributed by atoms with van der Waals surface area (Å²) in [6.07, 6.45) is 1.14. The minimum atomic E-state index is 0. The van der Waals surface area contributed by atoms with Gasteiger partial charge in [0.05, 0.1) is 6.04 Å². The zero-order chi connectivity index (χ0) is 12.3. The van der Waals surface area contributed by atoms with E-state index in [1.54, 1.807) is 5.56 Å². The number of nitrogens with one attached hydrogen (secondary N) is 1. The molecule has 1 N–H and O–H groups in total. The average molecular weight is 272 g/mol. The van der Waals surface area contributed by atoms with Gasteiger partial charge in [-0.2, -0.15) is 0 Å². The van der Waals surface area contributed by atoms with Crippen molar-refractivity contribution in [2.75, 3.05) is 0 Å². The van der Waals surface area contributed by atoms with E-state index < -0.39 is 0 Å². The molecular formula is C17H18ClN. The lowest BCUT2D eigenvalue weighted by Gasteiger charge is -2.27. The van der Waals surface area contributed by atoms with E-state index in [1.165, 1.54) is 27.8 Å². The number of hydrogen-bond acceptors (Lipinski definition) is 1. The van der Waals surface area contributed by atoms with Crippen LogP contribution in [0.4, 0.5) is 0 Å². The molecule has 1 nitrogen and oxygen atoms in total. The molecule has 2 bridgehead atoms. The predicted octanol–water partition coefficient (Wildman–Crippen LogP) is 4.02. The second kappa shape index (κ2) is 4.36. The number of benzene rings is 2. The normalized spacial score (nSPS) is 22.4. The van der Waals surface area contributed by atoms with Crippen molar-refractivity contribution in [2.24, 2.45) is 0 Å². The fourth-order valence-electron chi connectivity index (χ4n) is 3.54. The van der Waals surface area contributed by atoms with E-state index in [0.717, 1.165) is 6.42 Å². The Kier molecular flexibility index (Phi) is 2.92. The zero-order valence-corrected chi connectivity index (χ0v) is 12.1. The third kappa shape index (κ3) is 1.65. The second-order valence-corrected chi connectivity index (χ2v) is 5.56. The van der Waals surface area contributed by atoms with Gasteiger partial charge in [-0.15, -0.1) is 12.4 Å². The van der Waals surface area contributed by atoms with Gasteiger partial charge in [-0.25, -0.2) is 0 Å². The third-order valence-electron chi connectivity index (χ3n) is 4.68. The van der Waals surface area contributed by atoms with Gasteiger partial charge in [0.15, 0.2) is 0 Å². The summed E-state index contributed by atoms with van der Waals surface area (Å²) in [7, 11) is 0. The van der Waals surface area contributed by atoms with Gasteiger partial charge < -0.3 is 0 Å². The van der Waals surface area contributed by atoms with E-state index >= 15 is 0 Å². The number of rotatable bonds is 0. The Morgan fingerprint density at radius 3 is 2.47 bits per heavy atom. The highest BCUT2D eigenvalue weighted by atomic mass is 35.5. The molecule has 0 fully saturated rings. The summed E-state index contributed by atoms with van der Waals surface area (Å²) in [6, 6.07) is 14.4. The standard InChI is InChI=1S/C17H17N.ClH/c1-10-7-8-14-15(11(10)2)9-16-12-5-3-4-6-13(12)17(14)18-16;/h3-8,16-18H,9H2,1-2H3;1H. The largest absolute Gasteiger partial charge is 0.299 e. The van der Waals surface area contributed by atoms with Gasteiger partial charge in [0.1, 0.15) is 0 Å². The molecule has 2 aliphatic heterocycles. The lowest BCUT2D eigenvalue weighted by Crippen LogP contribution is -2.27. The Morgan fingerprint density at radius 2 is 1.68 bits per heavy atom. The first-order valence-electron chi connectivity index (χ1n) is 6.69. The Morgan fingerprint density at radius 1 is 0.947 bits per heavy atom. The van der Waals surface area contributed by atoms with Crippen LogP contribution in [0.1, 0.15) is 45.5 Å². The maximum Gasteiger partial charge on any atom is 0.0587 e. The molecule has 2 aromatic carbocycles. The third-order valence-corrected chi connectivity index (χ3v) is 4.68. The maximum atomic E-state index is 3.76. The summed E-state index contributed by atoms with van der Waals surface area (Å²) in [6.45, 7) is 4.48. The van der Waals surface area contributed by atoms with Crippen LogP contribution < -0.4 is 5.32 Å². The molecule has 0 saturated heterocycles. The van der Waals surface area contributed by atoms with E-state index in [9.17, 15) is 0 Å². The minimum absolute atomic E-state index is 0. The highest BCUT2D eigenvalue weighted by Crippen LogP contribution is 2.45. The summed E-state index contributed by atoms with van der Waals surface area (Å²) in [5.74, 6) is 0. The van der Waals surface area contributed by atoms with Crippen molar-refractivity contribution in [2.45, 2.75) is 32.4 Å². The summed E-state index contributed by atoms with van der Waals surface area (Å²) in [5, 5.41) is 3.76. The fraction of sp³-hybridized carbons (Fsp3) is 0.294. The molecule has 2 unspecified atom stereocenters. The molecule has 0 saturated carbocycles. The zero-order valence-electron chi connectivity index (χ0n) is 11.2.